The van der Waals surface area contributed by atoms with Crippen molar-refractivity contribution in [2.24, 2.45) is 23.7 Å². The lowest BCUT2D eigenvalue weighted by atomic mass is 9.53. The summed E-state index contributed by atoms with van der Waals surface area (Å²) in [5.74, 6) is 2.86. The van der Waals surface area contributed by atoms with Gasteiger partial charge in [-0.25, -0.2) is 4.79 Å². The fraction of sp³-hybridized carbons (Fsp3) is 0.600. The molecule has 0 radical (unpaired) electrons. The summed E-state index contributed by atoms with van der Waals surface area (Å²) in [5.41, 5.74) is 3.59. The van der Waals surface area contributed by atoms with Crippen molar-refractivity contribution >= 4 is 23.3 Å². The van der Waals surface area contributed by atoms with Crippen LogP contribution in [0.25, 0.3) is 0 Å². The van der Waals surface area contributed by atoms with Crippen molar-refractivity contribution < 1.29 is 14.3 Å². The number of carbonyl (C=O) groups excluding carboxylic acids is 2. The van der Waals surface area contributed by atoms with Crippen LogP contribution in [0.4, 0.5) is 16.2 Å². The van der Waals surface area contributed by atoms with Crippen molar-refractivity contribution in [1.82, 2.24) is 10.6 Å². The summed E-state index contributed by atoms with van der Waals surface area (Å²) >= 11 is 0. The number of carbonyl (C=O) groups is 2. The zero-order valence-corrected chi connectivity index (χ0v) is 24.8. The molecule has 1 atom stereocenters. The summed E-state index contributed by atoms with van der Waals surface area (Å²) in [6.07, 6.45) is 12.8. The van der Waals surface area contributed by atoms with E-state index in [2.05, 4.69) is 51.2 Å². The highest BCUT2D eigenvalue weighted by Gasteiger charge is 2.51. The number of benzene rings is 2. The van der Waals surface area contributed by atoms with E-state index in [4.69, 9.17) is 4.74 Å². The van der Waals surface area contributed by atoms with Crippen LogP contribution in [0.2, 0.25) is 0 Å². The van der Waals surface area contributed by atoms with E-state index in [-0.39, 0.29) is 23.6 Å². The lowest BCUT2D eigenvalue weighted by molar-refractivity contribution is -0.0127. The van der Waals surface area contributed by atoms with E-state index in [0.29, 0.717) is 23.7 Å². The van der Waals surface area contributed by atoms with Crippen LogP contribution in [0.3, 0.4) is 0 Å². The summed E-state index contributed by atoms with van der Waals surface area (Å²) in [5, 5.41) is 9.64. The predicted octanol–water partition coefficient (Wildman–Crippen LogP) is 6.14. The lowest BCUT2D eigenvalue weighted by Gasteiger charge is -2.56. The van der Waals surface area contributed by atoms with Crippen LogP contribution in [0.5, 0.6) is 0 Å². The molecule has 3 amide bonds. The molecule has 0 aromatic heterocycles. The fourth-order valence-electron chi connectivity index (χ4n) is 9.17. The van der Waals surface area contributed by atoms with Crippen LogP contribution in [-0.4, -0.2) is 49.8 Å². The first-order valence-electron chi connectivity index (χ1n) is 16.4. The van der Waals surface area contributed by atoms with E-state index in [1.165, 1.54) is 24.8 Å². The average Bonchev–Trinajstić information content (AvgIpc) is 3.50. The third kappa shape index (κ3) is 6.17. The number of anilines is 2. The fourth-order valence-corrected chi connectivity index (χ4v) is 9.17. The number of urea groups is 1. The number of piperidine rings is 1. The monoisotopic (exact) mass is 570 g/mol. The molecule has 4 bridgehead atoms. The van der Waals surface area contributed by atoms with Gasteiger partial charge in [0.2, 0.25) is 0 Å². The normalized spacial score (nSPS) is 30.3. The van der Waals surface area contributed by atoms with Crippen molar-refractivity contribution in [3.05, 3.63) is 59.7 Å². The van der Waals surface area contributed by atoms with Crippen LogP contribution in [0.1, 0.15) is 80.1 Å². The largest absolute Gasteiger partial charge is 0.376 e. The molecule has 2 saturated heterocycles. The van der Waals surface area contributed by atoms with Crippen LogP contribution in [0.15, 0.2) is 48.5 Å². The van der Waals surface area contributed by atoms with Gasteiger partial charge in [-0.3, -0.25) is 4.79 Å². The number of nitrogens with zero attached hydrogens (tertiary/aromatic N) is 1. The molecule has 6 fully saturated rings. The third-order valence-electron chi connectivity index (χ3n) is 10.8. The highest BCUT2D eigenvalue weighted by Crippen LogP contribution is 2.55. The van der Waals surface area contributed by atoms with Crippen molar-refractivity contribution in [2.75, 3.05) is 36.5 Å². The number of amides is 3. The van der Waals surface area contributed by atoms with Gasteiger partial charge < -0.3 is 25.6 Å². The lowest BCUT2D eigenvalue weighted by Crippen LogP contribution is -2.60. The minimum Gasteiger partial charge on any atom is -0.376 e. The van der Waals surface area contributed by atoms with Crippen LogP contribution >= 0.6 is 0 Å². The second-order valence-electron chi connectivity index (χ2n) is 14.0. The standard InChI is InChI=1S/C35H46N4O3/c40-33(36-23-30-7-4-14-42-30)31-19-29(37-34(41)38-35-20-26-16-27(21-35)18-28(17-26)22-35)8-9-32(31)39-12-10-25(11-13-39)15-24-5-2-1-3-6-24/h1-3,5-6,8-9,19,25-28,30H,4,7,10-18,20-23H2,(H,36,40)(H2,37,38,41)/t26?,27?,28?,30-,35?/m0/s1. The van der Waals surface area contributed by atoms with E-state index < -0.39 is 0 Å². The summed E-state index contributed by atoms with van der Waals surface area (Å²) < 4.78 is 5.75. The van der Waals surface area contributed by atoms with Gasteiger partial charge >= 0.3 is 6.03 Å². The van der Waals surface area contributed by atoms with Gasteiger partial charge in [-0.1, -0.05) is 30.3 Å². The Labute approximate surface area is 250 Å². The highest BCUT2D eigenvalue weighted by atomic mass is 16.5. The molecule has 2 heterocycles. The molecule has 2 aromatic carbocycles. The third-order valence-corrected chi connectivity index (χ3v) is 10.8. The number of rotatable bonds is 8. The minimum absolute atomic E-state index is 0.0512. The second kappa shape index (κ2) is 11.9. The van der Waals surface area contributed by atoms with E-state index in [9.17, 15) is 9.59 Å². The molecular formula is C35H46N4O3. The molecule has 0 unspecified atom stereocenters. The van der Waals surface area contributed by atoms with Crippen molar-refractivity contribution in [1.29, 1.82) is 0 Å². The summed E-state index contributed by atoms with van der Waals surface area (Å²) in [6, 6.07) is 16.5. The molecule has 6 aliphatic rings. The van der Waals surface area contributed by atoms with Crippen LogP contribution in [-0.2, 0) is 11.2 Å². The second-order valence-corrected chi connectivity index (χ2v) is 14.0. The zero-order valence-electron chi connectivity index (χ0n) is 24.8. The van der Waals surface area contributed by atoms with Gasteiger partial charge in [0.25, 0.3) is 5.91 Å². The quantitative estimate of drug-likeness (QED) is 0.356. The molecule has 0 spiro atoms. The summed E-state index contributed by atoms with van der Waals surface area (Å²) in [6.45, 7) is 3.12. The molecule has 7 heteroatoms. The van der Waals surface area contributed by atoms with Gasteiger partial charge in [0.15, 0.2) is 0 Å². The molecule has 4 aliphatic carbocycles. The first kappa shape index (κ1) is 27.8. The molecule has 2 aliphatic heterocycles. The van der Waals surface area contributed by atoms with Gasteiger partial charge in [0.05, 0.1) is 11.7 Å². The maximum absolute atomic E-state index is 13.6. The molecule has 2 aromatic rings. The SMILES string of the molecule is O=C(Nc1ccc(N2CCC(Cc3ccccc3)CC2)c(C(=O)NC[C@@H]2CCCO2)c1)NC12CC3CC(CC(C3)C1)C2. The zero-order chi connectivity index (χ0) is 28.5. The van der Waals surface area contributed by atoms with Gasteiger partial charge in [0, 0.05) is 43.2 Å². The van der Waals surface area contributed by atoms with E-state index in [0.717, 1.165) is 94.5 Å². The Balaban J connectivity index is 1.04. The topological polar surface area (TPSA) is 82.7 Å². The molecule has 8 rings (SSSR count). The van der Waals surface area contributed by atoms with E-state index in [1.54, 1.807) is 0 Å². The minimum atomic E-state index is -0.142. The van der Waals surface area contributed by atoms with E-state index in [1.807, 2.05) is 18.2 Å². The molecule has 4 saturated carbocycles. The summed E-state index contributed by atoms with van der Waals surface area (Å²) in [7, 11) is 0. The van der Waals surface area contributed by atoms with Gasteiger partial charge in [-0.2, -0.15) is 0 Å². The number of ether oxygens (including phenoxy) is 1. The molecule has 7 nitrogen and oxygen atoms in total. The first-order chi connectivity index (χ1) is 20.5. The van der Waals surface area contributed by atoms with Crippen LogP contribution in [0, 0.1) is 23.7 Å². The Hall–Kier alpha value is -3.06. The van der Waals surface area contributed by atoms with Gasteiger partial charge in [-0.05, 0) is 118 Å². The Kier molecular flexibility index (Phi) is 7.87. The number of nitrogens with one attached hydrogen (secondary N) is 3. The van der Waals surface area contributed by atoms with Crippen LogP contribution < -0.4 is 20.9 Å². The molecule has 224 valence electrons. The van der Waals surface area contributed by atoms with Gasteiger partial charge in [-0.15, -0.1) is 0 Å². The maximum atomic E-state index is 13.6. The number of hydrogen-bond donors (Lipinski definition) is 3. The first-order valence-corrected chi connectivity index (χ1v) is 16.4. The number of hydrogen-bond acceptors (Lipinski definition) is 4. The smallest absolute Gasteiger partial charge is 0.319 e. The Morgan fingerprint density at radius 1 is 0.905 bits per heavy atom. The Morgan fingerprint density at radius 3 is 2.29 bits per heavy atom. The Morgan fingerprint density at radius 2 is 1.62 bits per heavy atom. The molecule has 42 heavy (non-hydrogen) atoms. The van der Waals surface area contributed by atoms with Crippen molar-refractivity contribution in [2.45, 2.75) is 82.3 Å². The highest BCUT2D eigenvalue weighted by molar-refractivity contribution is 6.02. The van der Waals surface area contributed by atoms with Gasteiger partial charge in [0.1, 0.15) is 0 Å². The maximum Gasteiger partial charge on any atom is 0.319 e. The van der Waals surface area contributed by atoms with E-state index >= 15 is 0 Å². The molecule has 3 N–H and O–H groups in total. The predicted molar refractivity (Wildman–Crippen MR) is 166 cm³/mol. The van der Waals surface area contributed by atoms with Crippen molar-refractivity contribution in [3.63, 3.8) is 0 Å². The van der Waals surface area contributed by atoms with Crippen molar-refractivity contribution in [3.8, 4) is 0 Å². The summed E-state index contributed by atoms with van der Waals surface area (Å²) in [4.78, 5) is 29.2. The average molecular weight is 571 g/mol. The molecular weight excluding hydrogens is 524 g/mol. The Bertz CT molecular complexity index is 1230.